The van der Waals surface area contributed by atoms with Gasteiger partial charge in [-0.25, -0.2) is 0 Å². The molecule has 1 N–H and O–H groups in total. The van der Waals surface area contributed by atoms with E-state index in [1.54, 1.807) is 7.11 Å². The highest BCUT2D eigenvalue weighted by Crippen LogP contribution is 2.22. The van der Waals surface area contributed by atoms with E-state index in [-0.39, 0.29) is 0 Å². The maximum absolute atomic E-state index is 5.37. The third kappa shape index (κ3) is 3.74. The lowest BCUT2D eigenvalue weighted by molar-refractivity contribution is 0.141. The summed E-state index contributed by atoms with van der Waals surface area (Å²) >= 11 is 0. The highest BCUT2D eigenvalue weighted by atomic mass is 16.5. The van der Waals surface area contributed by atoms with Crippen LogP contribution in [0.4, 0.5) is 5.69 Å². The van der Waals surface area contributed by atoms with E-state index in [0.29, 0.717) is 12.6 Å². The zero-order valence-corrected chi connectivity index (χ0v) is 10.5. The van der Waals surface area contributed by atoms with E-state index in [1.807, 2.05) is 19.1 Å². The second-order valence-corrected chi connectivity index (χ2v) is 3.89. The first-order valence-corrected chi connectivity index (χ1v) is 5.66. The Morgan fingerprint density at radius 3 is 2.75 bits per heavy atom. The predicted molar refractivity (Wildman–Crippen MR) is 67.3 cm³/mol. The molecule has 0 fully saturated rings. The van der Waals surface area contributed by atoms with Crippen LogP contribution in [0.2, 0.25) is 0 Å². The van der Waals surface area contributed by atoms with E-state index in [9.17, 15) is 0 Å². The van der Waals surface area contributed by atoms with Crippen LogP contribution in [0.3, 0.4) is 0 Å². The summed E-state index contributed by atoms with van der Waals surface area (Å²) in [5.41, 5.74) is 2.32. The lowest BCUT2D eigenvalue weighted by atomic mass is 10.1. The topological polar surface area (TPSA) is 30.5 Å². The Morgan fingerprint density at radius 2 is 2.12 bits per heavy atom. The highest BCUT2D eigenvalue weighted by molar-refractivity contribution is 5.55. The van der Waals surface area contributed by atoms with Crippen molar-refractivity contribution < 1.29 is 9.47 Å². The lowest BCUT2D eigenvalue weighted by Gasteiger charge is -2.17. The van der Waals surface area contributed by atoms with Crippen LogP contribution in [0.5, 0.6) is 5.75 Å². The van der Waals surface area contributed by atoms with Gasteiger partial charge in [0.15, 0.2) is 0 Å². The van der Waals surface area contributed by atoms with Crippen LogP contribution < -0.4 is 10.1 Å². The molecule has 1 unspecified atom stereocenters. The molecule has 0 saturated heterocycles. The van der Waals surface area contributed by atoms with Gasteiger partial charge >= 0.3 is 0 Å². The minimum atomic E-state index is 0.297. The average molecular weight is 223 g/mol. The third-order valence-corrected chi connectivity index (χ3v) is 2.42. The van der Waals surface area contributed by atoms with Gasteiger partial charge in [0, 0.05) is 24.4 Å². The summed E-state index contributed by atoms with van der Waals surface area (Å²) in [6.45, 7) is 7.66. The number of methoxy groups -OCH3 is 1. The van der Waals surface area contributed by atoms with E-state index in [1.165, 1.54) is 5.56 Å². The van der Waals surface area contributed by atoms with Gasteiger partial charge in [0.1, 0.15) is 5.75 Å². The Hall–Kier alpha value is -1.22. The van der Waals surface area contributed by atoms with E-state index in [2.05, 4.69) is 25.2 Å². The molecule has 0 saturated carbocycles. The van der Waals surface area contributed by atoms with Crippen LogP contribution in [-0.4, -0.2) is 26.4 Å². The van der Waals surface area contributed by atoms with Crippen LogP contribution in [0.25, 0.3) is 0 Å². The van der Waals surface area contributed by atoms with Crippen molar-refractivity contribution in [1.82, 2.24) is 0 Å². The first kappa shape index (κ1) is 12.8. The first-order valence-electron chi connectivity index (χ1n) is 5.66. The lowest BCUT2D eigenvalue weighted by Crippen LogP contribution is -2.22. The summed E-state index contributed by atoms with van der Waals surface area (Å²) in [4.78, 5) is 0. The molecule has 1 aromatic carbocycles. The zero-order valence-electron chi connectivity index (χ0n) is 10.5. The van der Waals surface area contributed by atoms with Crippen molar-refractivity contribution in [3.05, 3.63) is 23.8 Å². The number of hydrogen-bond donors (Lipinski definition) is 1. The second-order valence-electron chi connectivity index (χ2n) is 3.89. The number of anilines is 1. The fourth-order valence-corrected chi connectivity index (χ4v) is 1.49. The summed E-state index contributed by atoms with van der Waals surface area (Å²) < 4.78 is 10.6. The Labute approximate surface area is 97.8 Å². The van der Waals surface area contributed by atoms with Gasteiger partial charge in [-0.05, 0) is 32.4 Å². The van der Waals surface area contributed by atoms with Gasteiger partial charge in [0.25, 0.3) is 0 Å². The third-order valence-electron chi connectivity index (χ3n) is 2.42. The predicted octanol–water partition coefficient (Wildman–Crippen LogP) is 2.84. The van der Waals surface area contributed by atoms with Crippen molar-refractivity contribution in [3.63, 3.8) is 0 Å². The van der Waals surface area contributed by atoms with Crippen molar-refractivity contribution in [3.8, 4) is 5.75 Å². The number of rotatable bonds is 6. The number of nitrogens with one attached hydrogen (secondary N) is 1. The van der Waals surface area contributed by atoms with Gasteiger partial charge in [-0.3, -0.25) is 0 Å². The van der Waals surface area contributed by atoms with Crippen molar-refractivity contribution in [2.75, 3.05) is 25.6 Å². The minimum absolute atomic E-state index is 0.297. The van der Waals surface area contributed by atoms with E-state index < -0.39 is 0 Å². The van der Waals surface area contributed by atoms with Crippen LogP contribution >= 0.6 is 0 Å². The molecular formula is C13H21NO2. The molecule has 0 aliphatic heterocycles. The van der Waals surface area contributed by atoms with Crippen LogP contribution in [0.15, 0.2) is 18.2 Å². The van der Waals surface area contributed by atoms with Gasteiger partial charge in [-0.15, -0.1) is 0 Å². The molecule has 90 valence electrons. The summed E-state index contributed by atoms with van der Waals surface area (Å²) in [5.74, 6) is 0.872. The molecule has 1 aromatic rings. The fourth-order valence-electron chi connectivity index (χ4n) is 1.49. The van der Waals surface area contributed by atoms with E-state index >= 15 is 0 Å². The number of ether oxygens (including phenoxy) is 2. The van der Waals surface area contributed by atoms with Crippen LogP contribution in [0, 0.1) is 6.92 Å². The maximum Gasteiger partial charge on any atom is 0.120 e. The number of hydrogen-bond acceptors (Lipinski definition) is 3. The van der Waals surface area contributed by atoms with E-state index in [4.69, 9.17) is 9.47 Å². The van der Waals surface area contributed by atoms with Gasteiger partial charge in [0.05, 0.1) is 13.7 Å². The molecule has 0 aliphatic carbocycles. The van der Waals surface area contributed by atoms with Crippen molar-refractivity contribution in [2.45, 2.75) is 26.8 Å². The monoisotopic (exact) mass is 223 g/mol. The number of aryl methyl sites for hydroxylation is 1. The molecule has 1 rings (SSSR count). The Balaban J connectivity index is 2.64. The average Bonchev–Trinajstić information content (AvgIpc) is 2.29. The molecule has 1 atom stereocenters. The molecule has 0 bridgehead atoms. The van der Waals surface area contributed by atoms with Gasteiger partial charge < -0.3 is 14.8 Å². The summed E-state index contributed by atoms with van der Waals surface area (Å²) in [5, 5.41) is 3.41. The molecule has 3 nitrogen and oxygen atoms in total. The Bertz CT molecular complexity index is 326. The first-order chi connectivity index (χ1) is 7.67. The molecule has 0 radical (unpaired) electrons. The largest absolute Gasteiger partial charge is 0.497 e. The minimum Gasteiger partial charge on any atom is -0.497 e. The maximum atomic E-state index is 5.37. The molecule has 0 amide bonds. The molecular weight excluding hydrogens is 202 g/mol. The van der Waals surface area contributed by atoms with Gasteiger partial charge in [-0.2, -0.15) is 0 Å². The normalized spacial score (nSPS) is 12.2. The van der Waals surface area contributed by atoms with Crippen molar-refractivity contribution in [1.29, 1.82) is 0 Å². The van der Waals surface area contributed by atoms with Crippen molar-refractivity contribution in [2.24, 2.45) is 0 Å². The highest BCUT2D eigenvalue weighted by Gasteiger charge is 2.05. The molecule has 0 aromatic heterocycles. The van der Waals surface area contributed by atoms with Crippen LogP contribution in [0.1, 0.15) is 19.4 Å². The van der Waals surface area contributed by atoms with Gasteiger partial charge in [0.2, 0.25) is 0 Å². The molecule has 16 heavy (non-hydrogen) atoms. The molecule has 3 heteroatoms. The Morgan fingerprint density at radius 1 is 1.38 bits per heavy atom. The molecule has 0 spiro atoms. The zero-order chi connectivity index (χ0) is 12.0. The van der Waals surface area contributed by atoms with Crippen molar-refractivity contribution >= 4 is 5.69 Å². The standard InChI is InChI=1S/C13H21NO2/c1-5-16-9-11(3)14-13-8-12(15-4)7-6-10(13)2/h6-8,11,14H,5,9H2,1-4H3. The summed E-state index contributed by atoms with van der Waals surface area (Å²) in [6, 6.07) is 6.32. The smallest absolute Gasteiger partial charge is 0.120 e. The number of benzene rings is 1. The summed E-state index contributed by atoms with van der Waals surface area (Å²) in [6.07, 6.45) is 0. The van der Waals surface area contributed by atoms with E-state index in [0.717, 1.165) is 18.0 Å². The quantitative estimate of drug-likeness (QED) is 0.804. The molecule has 0 heterocycles. The second kappa shape index (κ2) is 6.38. The van der Waals surface area contributed by atoms with Gasteiger partial charge in [-0.1, -0.05) is 6.07 Å². The van der Waals surface area contributed by atoms with Crippen LogP contribution in [-0.2, 0) is 4.74 Å². The summed E-state index contributed by atoms with van der Waals surface area (Å²) in [7, 11) is 1.68. The SMILES string of the molecule is CCOCC(C)Nc1cc(OC)ccc1C. The molecule has 0 aliphatic rings. The fraction of sp³-hybridized carbons (Fsp3) is 0.538. The Kier molecular flexibility index (Phi) is 5.12.